The standard InChI is InChI=1S/C35H33Cl2N4O6P/c1-12-8-38-30-18(42)4-16-22(20(12)30)14(6-36)10-40(16)32(43)34-24-27-25(34)29-26(34)28(24)35(27,29)33(44)41-11-15(7-37)23-17(41)5-19(47-48(3,45)46)31-21(23)13(2)9-39-31/h4-5,8-9,14-15,24-29,38-39,42H,6-7,10-11H2,1-3H3,(H,45,46)/t14-,15-,24?,25?,26?,27?,28?,29?,34?,35?/m1/s1. The van der Waals surface area contributed by atoms with Gasteiger partial charge in [0.15, 0.2) is 5.75 Å². The number of carbonyl (C=O) groups excluding carboxylic acids is 2. The minimum atomic E-state index is -3.88. The molecule has 2 aromatic carbocycles. The number of amides is 2. The molecule has 6 fully saturated rings. The number of phenolic OH excluding ortho intramolecular Hbond substituents is 1. The number of aromatic nitrogens is 2. The van der Waals surface area contributed by atoms with Gasteiger partial charge in [-0.05, 0) is 71.6 Å². The molecule has 248 valence electrons. The first-order valence-corrected chi connectivity index (χ1v) is 19.8. The van der Waals surface area contributed by atoms with Crippen LogP contribution in [-0.2, 0) is 14.2 Å². The number of rotatable bonds is 6. The van der Waals surface area contributed by atoms with Crippen LogP contribution >= 0.6 is 30.8 Å². The number of carbonyl (C=O) groups is 2. The molecule has 4 heterocycles. The Bertz CT molecular complexity index is 2240. The zero-order valence-corrected chi connectivity index (χ0v) is 28.8. The lowest BCUT2D eigenvalue weighted by Crippen LogP contribution is -3.12. The number of nitrogens with one attached hydrogen (secondary N) is 2. The molecule has 4 N–H and O–H groups in total. The van der Waals surface area contributed by atoms with E-state index in [1.54, 1.807) is 12.1 Å². The number of anilines is 2. The Hall–Kier alpha value is -3.17. The normalized spacial score (nSPS) is 38.0. The van der Waals surface area contributed by atoms with Crippen molar-refractivity contribution >= 4 is 75.8 Å². The predicted molar refractivity (Wildman–Crippen MR) is 182 cm³/mol. The molecule has 6 saturated carbocycles. The van der Waals surface area contributed by atoms with E-state index in [-0.39, 0.29) is 70.7 Å². The van der Waals surface area contributed by atoms with Gasteiger partial charge in [-0.2, -0.15) is 0 Å². The van der Waals surface area contributed by atoms with Crippen LogP contribution in [-0.4, -0.2) is 63.3 Å². The number of phenols is 1. The quantitative estimate of drug-likeness (QED) is 0.145. The Labute approximate surface area is 285 Å². The Kier molecular flexibility index (Phi) is 5.01. The summed E-state index contributed by atoms with van der Waals surface area (Å²) in [6.45, 7) is 6.07. The maximum Gasteiger partial charge on any atom is 0.373 e. The molecule has 1 unspecified atom stereocenters. The van der Waals surface area contributed by atoms with Crippen molar-refractivity contribution in [1.29, 1.82) is 0 Å². The molecule has 0 radical (unpaired) electrons. The van der Waals surface area contributed by atoms with Crippen molar-refractivity contribution < 1.29 is 28.7 Å². The van der Waals surface area contributed by atoms with E-state index in [2.05, 4.69) is 9.97 Å². The van der Waals surface area contributed by atoms with Gasteiger partial charge in [-0.1, -0.05) is 0 Å². The Morgan fingerprint density at radius 3 is 1.75 bits per heavy atom. The zero-order valence-electron chi connectivity index (χ0n) is 26.4. The lowest BCUT2D eigenvalue weighted by Gasteiger charge is -3.09. The second kappa shape index (κ2) is 8.40. The third kappa shape index (κ3) is 2.66. The number of benzene rings is 2. The molecule has 10 nitrogen and oxygen atoms in total. The smallest absolute Gasteiger partial charge is 0.373 e. The van der Waals surface area contributed by atoms with E-state index in [0.717, 1.165) is 45.4 Å². The maximum absolute atomic E-state index is 14.7. The molecule has 3 atom stereocenters. The summed E-state index contributed by atoms with van der Waals surface area (Å²) < 4.78 is 17.9. The highest BCUT2D eigenvalue weighted by atomic mass is 35.5. The molecule has 12 rings (SSSR count). The first-order chi connectivity index (χ1) is 22.9. The molecule has 2 aliphatic heterocycles. The van der Waals surface area contributed by atoms with E-state index >= 15 is 0 Å². The summed E-state index contributed by atoms with van der Waals surface area (Å²) in [6.07, 6.45) is 3.73. The highest BCUT2D eigenvalue weighted by molar-refractivity contribution is 7.52. The molecule has 0 spiro atoms. The van der Waals surface area contributed by atoms with Crippen LogP contribution < -0.4 is 14.3 Å². The van der Waals surface area contributed by atoms with Crippen LogP contribution in [0.4, 0.5) is 11.4 Å². The van der Waals surface area contributed by atoms with E-state index in [0.29, 0.717) is 41.6 Å². The van der Waals surface area contributed by atoms with Crippen LogP contribution in [0.3, 0.4) is 0 Å². The molecule has 4 aromatic rings. The van der Waals surface area contributed by atoms with Gasteiger partial charge in [0.05, 0.1) is 33.2 Å². The predicted octanol–water partition coefficient (Wildman–Crippen LogP) is 5.94. The van der Waals surface area contributed by atoms with E-state index in [1.807, 2.05) is 36.0 Å². The first kappa shape index (κ1) is 28.6. The average molecular weight is 708 g/mol. The topological polar surface area (TPSA) is 139 Å². The zero-order chi connectivity index (χ0) is 33.1. The number of halogens is 2. The monoisotopic (exact) mass is 706 g/mol. The summed E-state index contributed by atoms with van der Waals surface area (Å²) >= 11 is 13.0. The van der Waals surface area contributed by atoms with Gasteiger partial charge < -0.3 is 34.3 Å². The molecule has 0 saturated heterocycles. The number of aromatic hydroxyl groups is 1. The van der Waals surface area contributed by atoms with Gasteiger partial charge >= 0.3 is 7.60 Å². The fourth-order valence-electron chi connectivity index (χ4n) is 12.8. The molecule has 6 aliphatic carbocycles. The second-order valence-electron chi connectivity index (χ2n) is 15.5. The third-order valence-corrected chi connectivity index (χ3v) is 15.3. The summed E-state index contributed by atoms with van der Waals surface area (Å²) in [6, 6.07) is 3.45. The molecular weight excluding hydrogens is 674 g/mol. The van der Waals surface area contributed by atoms with Crippen molar-refractivity contribution in [2.24, 2.45) is 46.3 Å². The van der Waals surface area contributed by atoms with Crippen LogP contribution in [0.25, 0.3) is 21.8 Å². The third-order valence-electron chi connectivity index (χ3n) is 14.0. The van der Waals surface area contributed by atoms with Crippen molar-refractivity contribution in [3.8, 4) is 11.5 Å². The molecule has 8 aliphatic rings. The van der Waals surface area contributed by atoms with Crippen LogP contribution in [0, 0.1) is 60.2 Å². The van der Waals surface area contributed by atoms with E-state index in [4.69, 9.17) is 27.7 Å². The molecular formula is C35H33Cl2N4O6P. The SMILES string of the molecule is Cc1c[nH]c2c(O)cc3c(c12)[C@H](CCl)CN3C(=O)C12C3C4C1C1C2C3C41C(=O)N1C[C@@H](CCl)c2c1cc(OP(C)(=O)O)c1[nH]cc(C)c21. The van der Waals surface area contributed by atoms with E-state index in [1.165, 1.54) is 0 Å². The average Bonchev–Trinajstić information content (AvgIpc) is 3.82. The van der Waals surface area contributed by atoms with Crippen molar-refractivity contribution in [2.75, 3.05) is 41.3 Å². The van der Waals surface area contributed by atoms with Gasteiger partial charge in [0, 0.05) is 78.6 Å². The number of hydrogen-bond acceptors (Lipinski definition) is 5. The van der Waals surface area contributed by atoms with Crippen molar-refractivity contribution in [3.05, 3.63) is 46.8 Å². The van der Waals surface area contributed by atoms with Gasteiger partial charge in [-0.15, -0.1) is 23.2 Å². The number of aromatic amines is 2. The minimum Gasteiger partial charge on any atom is -0.506 e. The van der Waals surface area contributed by atoms with Crippen LogP contribution in [0.1, 0.15) is 34.1 Å². The summed E-state index contributed by atoms with van der Waals surface area (Å²) in [5.74, 6) is 2.44. The van der Waals surface area contributed by atoms with Gasteiger partial charge in [0.1, 0.15) is 5.75 Å². The van der Waals surface area contributed by atoms with Crippen molar-refractivity contribution in [2.45, 2.75) is 25.7 Å². The van der Waals surface area contributed by atoms with Gasteiger partial charge in [-0.3, -0.25) is 9.59 Å². The highest BCUT2D eigenvalue weighted by Gasteiger charge is 3.13. The molecule has 2 aromatic heterocycles. The first-order valence-electron chi connectivity index (χ1n) is 16.7. The molecule has 0 bridgehead atoms. The number of nitrogens with zero attached hydrogens (tertiary/aromatic N) is 2. The Balaban J connectivity index is 0.927. The van der Waals surface area contributed by atoms with Crippen LogP contribution in [0.2, 0.25) is 0 Å². The maximum atomic E-state index is 14.7. The summed E-state index contributed by atoms with van der Waals surface area (Å²) in [4.78, 5) is 49.6. The number of alkyl halides is 2. The highest BCUT2D eigenvalue weighted by Crippen LogP contribution is 3.10. The number of hydrogen-bond donors (Lipinski definition) is 4. The molecule has 13 heteroatoms. The Morgan fingerprint density at radius 1 is 0.854 bits per heavy atom. The number of aryl methyl sites for hydroxylation is 2. The van der Waals surface area contributed by atoms with Gasteiger partial charge in [0.25, 0.3) is 0 Å². The fourth-order valence-corrected chi connectivity index (χ4v) is 13.8. The molecule has 48 heavy (non-hydrogen) atoms. The van der Waals surface area contributed by atoms with Crippen molar-refractivity contribution in [3.63, 3.8) is 0 Å². The lowest BCUT2D eigenvalue weighted by molar-refractivity contribution is -0.623. The van der Waals surface area contributed by atoms with E-state index in [9.17, 15) is 24.2 Å². The van der Waals surface area contributed by atoms with Crippen molar-refractivity contribution in [1.82, 2.24) is 9.97 Å². The number of H-pyrrole nitrogens is 2. The number of fused-ring (bicyclic) bond motifs is 6. The summed E-state index contributed by atoms with van der Waals surface area (Å²) in [7, 11) is -3.88. The molecule has 2 amide bonds. The van der Waals surface area contributed by atoms with Crippen LogP contribution in [0.5, 0.6) is 11.5 Å². The largest absolute Gasteiger partial charge is 0.506 e. The van der Waals surface area contributed by atoms with E-state index < -0.39 is 18.4 Å². The van der Waals surface area contributed by atoms with Gasteiger partial charge in [0.2, 0.25) is 11.8 Å². The van der Waals surface area contributed by atoms with Gasteiger partial charge in [-0.25, -0.2) is 4.57 Å². The Morgan fingerprint density at radius 2 is 1.29 bits per heavy atom. The summed E-state index contributed by atoms with van der Waals surface area (Å²) in [5, 5.41) is 12.7. The summed E-state index contributed by atoms with van der Waals surface area (Å²) in [5.41, 5.74) is 5.92. The second-order valence-corrected chi connectivity index (χ2v) is 17.9. The van der Waals surface area contributed by atoms with Crippen LogP contribution in [0.15, 0.2) is 24.5 Å². The lowest BCUT2D eigenvalue weighted by atomic mass is 8.92. The fraction of sp³-hybridized carbons (Fsp3) is 0.486. The minimum absolute atomic E-state index is 0.0231.